The lowest BCUT2D eigenvalue weighted by Crippen LogP contribution is -1.94. The fourth-order valence-electron chi connectivity index (χ4n) is 1.27. The lowest BCUT2D eigenvalue weighted by molar-refractivity contribution is 0.342. The van der Waals surface area contributed by atoms with Crippen molar-refractivity contribution in [3.8, 4) is 5.75 Å². The number of rotatable bonds is 2. The Bertz CT molecular complexity index is 422. The Hall–Kier alpha value is -1.71. The fraction of sp³-hybridized carbons (Fsp3) is 0.222. The molecule has 2 rings (SSSR count). The van der Waals surface area contributed by atoms with Gasteiger partial charge in [0, 0.05) is 6.20 Å². The minimum absolute atomic E-state index is 0.507. The second kappa shape index (κ2) is 2.97. The molecule has 0 unspecified atom stereocenters. The van der Waals surface area contributed by atoms with E-state index < -0.39 is 0 Å². The monoisotopic (exact) mass is 177 g/mol. The molecule has 0 aromatic carbocycles. The summed E-state index contributed by atoms with van der Waals surface area (Å²) in [6.45, 7) is 2.57. The molecule has 0 amide bonds. The zero-order valence-corrected chi connectivity index (χ0v) is 7.40. The van der Waals surface area contributed by atoms with Crippen LogP contribution in [0.1, 0.15) is 6.92 Å². The van der Waals surface area contributed by atoms with Crippen LogP contribution in [0.4, 0.5) is 5.82 Å². The van der Waals surface area contributed by atoms with E-state index in [1.54, 1.807) is 6.20 Å². The summed E-state index contributed by atoms with van der Waals surface area (Å²) in [6.07, 6.45) is 3.65. The number of hydrogen-bond acceptors (Lipinski definition) is 3. The van der Waals surface area contributed by atoms with Gasteiger partial charge < -0.3 is 14.9 Å². The van der Waals surface area contributed by atoms with Gasteiger partial charge in [0.1, 0.15) is 5.82 Å². The molecule has 4 heteroatoms. The Morgan fingerprint density at radius 3 is 3.23 bits per heavy atom. The number of nitrogens with zero attached hydrogens (tertiary/aromatic N) is 2. The first-order valence-corrected chi connectivity index (χ1v) is 4.17. The van der Waals surface area contributed by atoms with E-state index in [0.29, 0.717) is 12.4 Å². The SMILES string of the molecule is CCOc1cccn2cc(N)nc12. The number of ether oxygens (including phenoxy) is 1. The summed E-state index contributed by atoms with van der Waals surface area (Å²) in [6, 6.07) is 3.78. The summed E-state index contributed by atoms with van der Waals surface area (Å²) in [5, 5.41) is 0. The van der Waals surface area contributed by atoms with Crippen LogP contribution in [0.3, 0.4) is 0 Å². The molecule has 13 heavy (non-hydrogen) atoms. The van der Waals surface area contributed by atoms with Crippen LogP contribution in [-0.2, 0) is 0 Å². The van der Waals surface area contributed by atoms with Crippen LogP contribution in [-0.4, -0.2) is 16.0 Å². The molecule has 2 heterocycles. The minimum Gasteiger partial charge on any atom is -0.490 e. The highest BCUT2D eigenvalue weighted by Gasteiger charge is 2.03. The van der Waals surface area contributed by atoms with Crippen LogP contribution in [0.15, 0.2) is 24.5 Å². The van der Waals surface area contributed by atoms with E-state index in [2.05, 4.69) is 4.98 Å². The molecule has 0 fully saturated rings. The average molecular weight is 177 g/mol. The van der Waals surface area contributed by atoms with Crippen LogP contribution in [0.5, 0.6) is 5.75 Å². The Morgan fingerprint density at radius 1 is 1.62 bits per heavy atom. The Balaban J connectivity index is 2.60. The minimum atomic E-state index is 0.507. The third-order valence-electron chi connectivity index (χ3n) is 1.77. The van der Waals surface area contributed by atoms with Crippen LogP contribution in [0, 0.1) is 0 Å². The van der Waals surface area contributed by atoms with E-state index in [4.69, 9.17) is 10.5 Å². The van der Waals surface area contributed by atoms with Gasteiger partial charge in [0.2, 0.25) is 0 Å². The van der Waals surface area contributed by atoms with Gasteiger partial charge in [0.15, 0.2) is 11.4 Å². The molecule has 68 valence electrons. The first-order chi connectivity index (χ1) is 6.31. The van der Waals surface area contributed by atoms with Gasteiger partial charge in [-0.25, -0.2) is 4.98 Å². The molecule has 0 spiro atoms. The number of aromatic nitrogens is 2. The number of nitrogen functional groups attached to an aromatic ring is 1. The summed E-state index contributed by atoms with van der Waals surface area (Å²) in [5.41, 5.74) is 6.33. The van der Waals surface area contributed by atoms with Crippen LogP contribution < -0.4 is 10.5 Å². The highest BCUT2D eigenvalue weighted by molar-refractivity contribution is 5.57. The summed E-state index contributed by atoms with van der Waals surface area (Å²) in [7, 11) is 0. The maximum Gasteiger partial charge on any atom is 0.181 e. The lowest BCUT2D eigenvalue weighted by Gasteiger charge is -2.02. The predicted octanol–water partition coefficient (Wildman–Crippen LogP) is 1.32. The normalized spacial score (nSPS) is 10.5. The average Bonchev–Trinajstić information content (AvgIpc) is 2.47. The van der Waals surface area contributed by atoms with Crippen molar-refractivity contribution in [2.24, 2.45) is 0 Å². The van der Waals surface area contributed by atoms with Crippen LogP contribution >= 0.6 is 0 Å². The first-order valence-electron chi connectivity index (χ1n) is 4.17. The van der Waals surface area contributed by atoms with E-state index in [1.807, 2.05) is 29.7 Å². The summed E-state index contributed by atoms with van der Waals surface area (Å²) in [5.74, 6) is 1.27. The van der Waals surface area contributed by atoms with Gasteiger partial charge in [0.25, 0.3) is 0 Å². The predicted molar refractivity (Wildman–Crippen MR) is 50.8 cm³/mol. The van der Waals surface area contributed by atoms with Gasteiger partial charge in [-0.1, -0.05) is 0 Å². The standard InChI is InChI=1S/C9H11N3O/c1-2-13-7-4-3-5-12-6-8(10)11-9(7)12/h3-6H,2,10H2,1H3. The summed E-state index contributed by atoms with van der Waals surface area (Å²) >= 11 is 0. The Morgan fingerprint density at radius 2 is 2.46 bits per heavy atom. The molecule has 2 N–H and O–H groups in total. The van der Waals surface area contributed by atoms with E-state index >= 15 is 0 Å². The lowest BCUT2D eigenvalue weighted by atomic mass is 10.4. The maximum absolute atomic E-state index is 5.57. The van der Waals surface area contributed by atoms with Gasteiger partial charge in [-0.2, -0.15) is 0 Å². The molecule has 0 aliphatic heterocycles. The largest absolute Gasteiger partial charge is 0.490 e. The topological polar surface area (TPSA) is 52.5 Å². The maximum atomic E-state index is 5.57. The molecule has 0 saturated heterocycles. The van der Waals surface area contributed by atoms with Gasteiger partial charge in [-0.05, 0) is 19.1 Å². The summed E-state index contributed by atoms with van der Waals surface area (Å²) in [4.78, 5) is 4.15. The van der Waals surface area contributed by atoms with Crippen LogP contribution in [0.25, 0.3) is 5.65 Å². The van der Waals surface area contributed by atoms with E-state index in [9.17, 15) is 0 Å². The molecule has 2 aromatic rings. The smallest absolute Gasteiger partial charge is 0.181 e. The molecule has 2 aromatic heterocycles. The van der Waals surface area contributed by atoms with Crippen molar-refractivity contribution >= 4 is 11.5 Å². The second-order valence-corrected chi connectivity index (χ2v) is 2.70. The summed E-state index contributed by atoms with van der Waals surface area (Å²) < 4.78 is 7.24. The number of fused-ring (bicyclic) bond motifs is 1. The van der Waals surface area contributed by atoms with Crippen molar-refractivity contribution in [2.75, 3.05) is 12.3 Å². The Labute approximate surface area is 76.0 Å². The van der Waals surface area contributed by atoms with Crippen molar-refractivity contribution in [3.63, 3.8) is 0 Å². The van der Waals surface area contributed by atoms with E-state index in [-0.39, 0.29) is 0 Å². The van der Waals surface area contributed by atoms with Crippen molar-refractivity contribution in [1.29, 1.82) is 0 Å². The van der Waals surface area contributed by atoms with Gasteiger partial charge in [-0.15, -0.1) is 0 Å². The molecular weight excluding hydrogens is 166 g/mol. The zero-order chi connectivity index (χ0) is 9.26. The number of anilines is 1. The highest BCUT2D eigenvalue weighted by Crippen LogP contribution is 2.19. The van der Waals surface area contributed by atoms with Crippen molar-refractivity contribution in [2.45, 2.75) is 6.92 Å². The molecule has 4 nitrogen and oxygen atoms in total. The van der Waals surface area contributed by atoms with Crippen molar-refractivity contribution in [3.05, 3.63) is 24.5 Å². The van der Waals surface area contributed by atoms with Crippen molar-refractivity contribution < 1.29 is 4.74 Å². The number of nitrogens with two attached hydrogens (primary N) is 1. The van der Waals surface area contributed by atoms with Gasteiger partial charge >= 0.3 is 0 Å². The number of pyridine rings is 1. The zero-order valence-electron chi connectivity index (χ0n) is 7.40. The highest BCUT2D eigenvalue weighted by atomic mass is 16.5. The molecular formula is C9H11N3O. The first kappa shape index (κ1) is 7.91. The third kappa shape index (κ3) is 1.30. The van der Waals surface area contributed by atoms with Gasteiger partial charge in [0.05, 0.1) is 12.8 Å². The number of imidazole rings is 1. The molecule has 0 radical (unpaired) electrons. The second-order valence-electron chi connectivity index (χ2n) is 2.70. The van der Waals surface area contributed by atoms with Crippen molar-refractivity contribution in [1.82, 2.24) is 9.38 Å². The van der Waals surface area contributed by atoms with E-state index in [1.165, 1.54) is 0 Å². The quantitative estimate of drug-likeness (QED) is 0.752. The molecule has 0 atom stereocenters. The number of hydrogen-bond donors (Lipinski definition) is 1. The molecule has 0 aliphatic carbocycles. The van der Waals surface area contributed by atoms with Crippen LogP contribution in [0.2, 0.25) is 0 Å². The Kier molecular flexibility index (Phi) is 1.81. The molecule has 0 saturated carbocycles. The molecule has 0 bridgehead atoms. The van der Waals surface area contributed by atoms with E-state index in [0.717, 1.165) is 11.4 Å². The van der Waals surface area contributed by atoms with Gasteiger partial charge in [-0.3, -0.25) is 0 Å². The molecule has 0 aliphatic rings. The third-order valence-corrected chi connectivity index (χ3v) is 1.77. The fourth-order valence-corrected chi connectivity index (χ4v) is 1.27.